The molecule has 1 N–H and O–H groups in total. The van der Waals surface area contributed by atoms with Gasteiger partial charge in [0.25, 0.3) is 5.91 Å². The van der Waals surface area contributed by atoms with Crippen molar-refractivity contribution in [1.82, 2.24) is 19.7 Å². The van der Waals surface area contributed by atoms with Crippen LogP contribution in [0.15, 0.2) is 30.9 Å². The van der Waals surface area contributed by atoms with Gasteiger partial charge in [0.05, 0.1) is 19.3 Å². The predicted molar refractivity (Wildman–Crippen MR) is 90.1 cm³/mol. The lowest BCUT2D eigenvalue weighted by molar-refractivity contribution is 0.0304. The normalized spacial score (nSPS) is 28.0. The lowest BCUT2D eigenvalue weighted by atomic mass is 9.77. The number of aromatic nitrogens is 3. The van der Waals surface area contributed by atoms with Crippen molar-refractivity contribution >= 4 is 5.91 Å². The van der Waals surface area contributed by atoms with Gasteiger partial charge in [0.2, 0.25) is 0 Å². The second kappa shape index (κ2) is 6.68. The van der Waals surface area contributed by atoms with E-state index in [1.54, 1.807) is 22.0 Å². The number of ether oxygens (including phenoxy) is 1. The van der Waals surface area contributed by atoms with Crippen LogP contribution in [0.1, 0.15) is 29.2 Å². The number of aliphatic hydroxyl groups is 1. The highest BCUT2D eigenvalue weighted by molar-refractivity contribution is 5.94. The highest BCUT2D eigenvalue weighted by atomic mass is 19.1. The van der Waals surface area contributed by atoms with Crippen LogP contribution in [0.4, 0.5) is 4.39 Å². The number of likely N-dealkylation sites (tertiary alicyclic amines) is 1. The molecule has 1 aromatic heterocycles. The van der Waals surface area contributed by atoms with Gasteiger partial charge in [0.15, 0.2) is 11.6 Å². The smallest absolute Gasteiger partial charge is 0.253 e. The standard InChI is InChI=1S/C18H21FN4O3/c1-26-17-3-2-11(4-14(17)19)18(25)22-7-12-5-15(23-10-20-9-21-23)16(24)6-13(12)8-22/h2-4,9-10,12-13,15-16,24H,5-8H2,1H3/t12-,13+,15-,16-/m1/s1. The van der Waals surface area contributed by atoms with Gasteiger partial charge in [0, 0.05) is 18.7 Å². The van der Waals surface area contributed by atoms with Gasteiger partial charge in [-0.25, -0.2) is 14.1 Å². The van der Waals surface area contributed by atoms with Crippen molar-refractivity contribution in [3.63, 3.8) is 0 Å². The number of amides is 1. The molecule has 2 heterocycles. The molecule has 2 aliphatic rings. The summed E-state index contributed by atoms with van der Waals surface area (Å²) in [7, 11) is 1.39. The predicted octanol–water partition coefficient (Wildman–Crippen LogP) is 1.51. The van der Waals surface area contributed by atoms with Crippen LogP contribution in [0.3, 0.4) is 0 Å². The van der Waals surface area contributed by atoms with Crippen LogP contribution >= 0.6 is 0 Å². The van der Waals surface area contributed by atoms with Crippen LogP contribution in [-0.2, 0) is 0 Å². The summed E-state index contributed by atoms with van der Waals surface area (Å²) in [5.74, 6) is -0.0729. The summed E-state index contributed by atoms with van der Waals surface area (Å²) < 4.78 is 20.5. The molecule has 4 atom stereocenters. The molecule has 1 saturated heterocycles. The average Bonchev–Trinajstić information content (AvgIpc) is 3.29. The zero-order chi connectivity index (χ0) is 18.3. The van der Waals surface area contributed by atoms with Gasteiger partial charge < -0.3 is 14.7 Å². The largest absolute Gasteiger partial charge is 0.494 e. The van der Waals surface area contributed by atoms with Crippen molar-refractivity contribution < 1.29 is 19.0 Å². The molecule has 2 fully saturated rings. The molecule has 1 aliphatic carbocycles. The third-order valence-corrected chi connectivity index (χ3v) is 5.57. The van der Waals surface area contributed by atoms with Gasteiger partial charge in [-0.2, -0.15) is 5.10 Å². The highest BCUT2D eigenvalue weighted by Gasteiger charge is 2.44. The number of methoxy groups -OCH3 is 1. The van der Waals surface area contributed by atoms with E-state index in [1.165, 1.54) is 25.6 Å². The van der Waals surface area contributed by atoms with Crippen LogP contribution in [0.2, 0.25) is 0 Å². The number of carbonyl (C=O) groups excluding carboxylic acids is 1. The summed E-state index contributed by atoms with van der Waals surface area (Å²) >= 11 is 0. The van der Waals surface area contributed by atoms with Gasteiger partial charge in [-0.3, -0.25) is 4.79 Å². The molecular formula is C18H21FN4O3. The van der Waals surface area contributed by atoms with Crippen molar-refractivity contribution in [2.24, 2.45) is 11.8 Å². The number of carbonyl (C=O) groups is 1. The Morgan fingerprint density at radius 3 is 2.73 bits per heavy atom. The van der Waals surface area contributed by atoms with Crippen LogP contribution < -0.4 is 4.74 Å². The average molecular weight is 360 g/mol. The van der Waals surface area contributed by atoms with Crippen molar-refractivity contribution in [3.05, 3.63) is 42.2 Å². The minimum atomic E-state index is -0.545. The molecule has 1 amide bonds. The van der Waals surface area contributed by atoms with E-state index in [0.717, 1.165) is 6.42 Å². The molecule has 1 saturated carbocycles. The zero-order valence-corrected chi connectivity index (χ0v) is 14.5. The molecule has 1 aliphatic heterocycles. The molecule has 26 heavy (non-hydrogen) atoms. The second-order valence-electron chi connectivity index (χ2n) is 7.06. The van der Waals surface area contributed by atoms with Gasteiger partial charge in [-0.1, -0.05) is 0 Å². The molecule has 8 heteroatoms. The number of rotatable bonds is 3. The first-order chi connectivity index (χ1) is 12.6. The minimum absolute atomic E-state index is 0.118. The quantitative estimate of drug-likeness (QED) is 0.897. The number of hydrogen-bond donors (Lipinski definition) is 1. The maximum Gasteiger partial charge on any atom is 0.253 e. The first-order valence-corrected chi connectivity index (χ1v) is 8.71. The maximum atomic E-state index is 13.9. The van der Waals surface area contributed by atoms with Crippen LogP contribution in [0, 0.1) is 17.7 Å². The summed E-state index contributed by atoms with van der Waals surface area (Å²) in [5, 5.41) is 14.6. The van der Waals surface area contributed by atoms with E-state index in [4.69, 9.17) is 4.74 Å². The second-order valence-corrected chi connectivity index (χ2v) is 7.06. The van der Waals surface area contributed by atoms with E-state index in [1.807, 2.05) is 0 Å². The van der Waals surface area contributed by atoms with E-state index in [9.17, 15) is 14.3 Å². The van der Waals surface area contributed by atoms with Crippen molar-refractivity contribution in [2.75, 3.05) is 20.2 Å². The van der Waals surface area contributed by atoms with E-state index >= 15 is 0 Å². The molecule has 0 spiro atoms. The number of hydrogen-bond acceptors (Lipinski definition) is 5. The Labute approximate surface area is 150 Å². The van der Waals surface area contributed by atoms with Crippen LogP contribution in [-0.4, -0.2) is 57.0 Å². The first kappa shape index (κ1) is 17.0. The van der Waals surface area contributed by atoms with Gasteiger partial charge >= 0.3 is 0 Å². The summed E-state index contributed by atoms with van der Waals surface area (Å²) in [6, 6.07) is 4.15. The summed E-state index contributed by atoms with van der Waals surface area (Å²) in [4.78, 5) is 18.5. The molecule has 0 unspecified atom stereocenters. The molecule has 4 rings (SSSR count). The highest BCUT2D eigenvalue weighted by Crippen LogP contribution is 2.41. The Morgan fingerprint density at radius 2 is 2.08 bits per heavy atom. The summed E-state index contributed by atoms with van der Waals surface area (Å²) in [6.45, 7) is 1.19. The summed E-state index contributed by atoms with van der Waals surface area (Å²) in [5.41, 5.74) is 0.315. The monoisotopic (exact) mass is 360 g/mol. The number of aliphatic hydroxyl groups excluding tert-OH is 1. The van der Waals surface area contributed by atoms with E-state index < -0.39 is 11.9 Å². The molecular weight excluding hydrogens is 339 g/mol. The fourth-order valence-corrected chi connectivity index (χ4v) is 4.23. The summed E-state index contributed by atoms with van der Waals surface area (Å²) in [6.07, 6.45) is 3.94. The molecule has 2 aromatic rings. The Morgan fingerprint density at radius 1 is 1.31 bits per heavy atom. The number of benzene rings is 1. The lowest BCUT2D eigenvalue weighted by Crippen LogP contribution is -2.36. The van der Waals surface area contributed by atoms with Gasteiger partial charge in [0.1, 0.15) is 12.7 Å². The van der Waals surface area contributed by atoms with Gasteiger partial charge in [-0.15, -0.1) is 0 Å². The number of nitrogens with zero attached hydrogens (tertiary/aromatic N) is 4. The molecule has 0 bridgehead atoms. The van der Waals surface area contributed by atoms with E-state index in [-0.39, 0.29) is 23.6 Å². The number of halogens is 1. The first-order valence-electron chi connectivity index (χ1n) is 8.71. The van der Waals surface area contributed by atoms with E-state index in [0.29, 0.717) is 31.0 Å². The lowest BCUT2D eigenvalue weighted by Gasteiger charge is -2.34. The third-order valence-electron chi connectivity index (χ3n) is 5.57. The fraction of sp³-hybridized carbons (Fsp3) is 0.500. The van der Waals surface area contributed by atoms with Crippen molar-refractivity contribution in [1.29, 1.82) is 0 Å². The zero-order valence-electron chi connectivity index (χ0n) is 14.5. The van der Waals surface area contributed by atoms with Crippen LogP contribution in [0.25, 0.3) is 0 Å². The molecule has 7 nitrogen and oxygen atoms in total. The minimum Gasteiger partial charge on any atom is -0.494 e. The van der Waals surface area contributed by atoms with E-state index in [2.05, 4.69) is 10.1 Å². The SMILES string of the molecule is COc1ccc(C(=O)N2C[C@H]3C[C@@H](n4cncn4)[C@H](O)C[C@H]3C2)cc1F. The fourth-order valence-electron chi connectivity index (χ4n) is 4.23. The van der Waals surface area contributed by atoms with Gasteiger partial charge in [-0.05, 0) is 42.9 Å². The topological polar surface area (TPSA) is 80.5 Å². The van der Waals surface area contributed by atoms with Crippen molar-refractivity contribution in [2.45, 2.75) is 25.0 Å². The van der Waals surface area contributed by atoms with Crippen molar-refractivity contribution in [3.8, 4) is 5.75 Å². The Balaban J connectivity index is 1.48. The Kier molecular flexibility index (Phi) is 4.36. The molecule has 1 aromatic carbocycles. The third kappa shape index (κ3) is 2.94. The maximum absolute atomic E-state index is 13.9. The Bertz CT molecular complexity index is 798. The number of fused-ring (bicyclic) bond motifs is 1. The van der Waals surface area contributed by atoms with Crippen LogP contribution in [0.5, 0.6) is 5.75 Å². The molecule has 0 radical (unpaired) electrons. The molecule has 138 valence electrons. The Hall–Kier alpha value is -2.48.